The number of nitrogens with zero attached hydrogens (tertiary/aromatic N) is 5. The van der Waals surface area contributed by atoms with Gasteiger partial charge >= 0.3 is 0 Å². The van der Waals surface area contributed by atoms with Crippen LogP contribution in [0.25, 0.3) is 11.2 Å². The third-order valence-electron chi connectivity index (χ3n) is 5.00. The Kier molecular flexibility index (Phi) is 6.08. The Hall–Kier alpha value is -2.76. The lowest BCUT2D eigenvalue weighted by atomic mass is 10.2. The zero-order valence-corrected chi connectivity index (χ0v) is 18.5. The van der Waals surface area contributed by atoms with Crippen molar-refractivity contribution >= 4 is 26.8 Å². The minimum Gasteiger partial charge on any atom is -0.497 e. The highest BCUT2D eigenvalue weighted by Gasteiger charge is 2.28. The number of fused-ring (bicyclic) bond motifs is 1. The Balaban J connectivity index is 1.71. The highest BCUT2D eigenvalue weighted by molar-refractivity contribution is 7.90. The van der Waals surface area contributed by atoms with Crippen LogP contribution in [0.15, 0.2) is 35.7 Å². The number of morpholine rings is 1. The maximum atomic E-state index is 13.2. The minimum absolute atomic E-state index is 0.218. The van der Waals surface area contributed by atoms with E-state index in [1.807, 2.05) is 11.8 Å². The molecular formula is C20H25N5O5S. The summed E-state index contributed by atoms with van der Waals surface area (Å²) in [5.41, 5.74) is 1.62. The Morgan fingerprint density at radius 1 is 1.23 bits per heavy atom. The second-order valence-corrected chi connectivity index (χ2v) is 9.05. The molecule has 1 atom stereocenters. The second-order valence-electron chi connectivity index (χ2n) is 7.17. The predicted molar refractivity (Wildman–Crippen MR) is 114 cm³/mol. The summed E-state index contributed by atoms with van der Waals surface area (Å²) in [4.78, 5) is 15.1. The second kappa shape index (κ2) is 8.77. The molecule has 1 saturated heterocycles. The molecule has 0 aliphatic carbocycles. The average molecular weight is 448 g/mol. The number of ether oxygens (including phenoxy) is 3. The Labute approximate surface area is 180 Å². The lowest BCUT2D eigenvalue weighted by Crippen LogP contribution is -2.44. The zero-order chi connectivity index (χ0) is 22.0. The van der Waals surface area contributed by atoms with Crippen molar-refractivity contribution in [3.63, 3.8) is 0 Å². The highest BCUT2D eigenvalue weighted by Crippen LogP contribution is 2.27. The van der Waals surface area contributed by atoms with E-state index in [0.717, 1.165) is 0 Å². The van der Waals surface area contributed by atoms with Gasteiger partial charge in [-0.15, -0.1) is 0 Å². The molecule has 4 rings (SSSR count). The van der Waals surface area contributed by atoms with Gasteiger partial charge in [-0.2, -0.15) is 9.97 Å². The molecule has 0 spiro atoms. The number of methoxy groups -OCH3 is 1. The molecule has 3 heterocycles. The summed E-state index contributed by atoms with van der Waals surface area (Å²) in [6.45, 7) is 3.83. The van der Waals surface area contributed by atoms with Crippen molar-refractivity contribution in [3.8, 4) is 5.75 Å². The lowest BCUT2D eigenvalue weighted by molar-refractivity contribution is -0.143. The first-order valence-corrected chi connectivity index (χ1v) is 11.6. The molecular weight excluding hydrogens is 422 g/mol. The number of hydrogen-bond donors (Lipinski definition) is 0. The van der Waals surface area contributed by atoms with Crippen LogP contribution in [-0.2, 0) is 32.1 Å². The standard InChI is InChI=1S/C20H25N5O5S/c1-4-29-16-11-25(9-10-30-16)19-17-18(24(2)13-21-17)22-20(23-19)31(26,27)12-14-5-7-15(28-3)8-6-14/h5-8,13,16H,4,9-12H2,1-3H3. The molecule has 1 fully saturated rings. The van der Waals surface area contributed by atoms with E-state index in [2.05, 4.69) is 15.0 Å². The molecule has 0 bridgehead atoms. The van der Waals surface area contributed by atoms with E-state index in [1.165, 1.54) is 0 Å². The molecule has 3 aromatic rings. The van der Waals surface area contributed by atoms with Crippen LogP contribution in [0.1, 0.15) is 12.5 Å². The van der Waals surface area contributed by atoms with Crippen LogP contribution in [0, 0.1) is 0 Å². The molecule has 11 heteroatoms. The molecule has 0 saturated carbocycles. The fourth-order valence-electron chi connectivity index (χ4n) is 3.44. The lowest BCUT2D eigenvalue weighted by Gasteiger charge is -2.33. The van der Waals surface area contributed by atoms with Crippen molar-refractivity contribution in [1.82, 2.24) is 19.5 Å². The van der Waals surface area contributed by atoms with Crippen molar-refractivity contribution in [2.75, 3.05) is 38.3 Å². The summed E-state index contributed by atoms with van der Waals surface area (Å²) >= 11 is 0. The molecule has 31 heavy (non-hydrogen) atoms. The van der Waals surface area contributed by atoms with Gasteiger partial charge in [-0.1, -0.05) is 12.1 Å². The summed E-state index contributed by atoms with van der Waals surface area (Å²) in [7, 11) is -0.464. The smallest absolute Gasteiger partial charge is 0.251 e. The number of aryl methyl sites for hydroxylation is 1. The highest BCUT2D eigenvalue weighted by atomic mass is 32.2. The third kappa shape index (κ3) is 4.48. The first-order valence-electron chi connectivity index (χ1n) is 9.94. The van der Waals surface area contributed by atoms with Gasteiger partial charge in [-0.05, 0) is 24.6 Å². The SMILES string of the molecule is CCOC1CN(c2nc(S(=O)(=O)Cc3ccc(OC)cc3)nc3c2ncn3C)CCO1. The number of anilines is 1. The molecule has 1 aliphatic heterocycles. The van der Waals surface area contributed by atoms with Gasteiger partial charge in [0, 0.05) is 20.2 Å². The van der Waals surface area contributed by atoms with E-state index in [9.17, 15) is 8.42 Å². The van der Waals surface area contributed by atoms with Gasteiger partial charge in [-0.25, -0.2) is 13.4 Å². The average Bonchev–Trinajstić information content (AvgIpc) is 3.15. The maximum Gasteiger partial charge on any atom is 0.251 e. The van der Waals surface area contributed by atoms with Crippen molar-refractivity contribution in [2.24, 2.45) is 7.05 Å². The molecule has 0 radical (unpaired) electrons. The van der Waals surface area contributed by atoms with E-state index in [0.29, 0.717) is 54.6 Å². The minimum atomic E-state index is -3.80. The van der Waals surface area contributed by atoms with Gasteiger partial charge in [-0.3, -0.25) is 0 Å². The number of hydrogen-bond acceptors (Lipinski definition) is 9. The van der Waals surface area contributed by atoms with Gasteiger partial charge < -0.3 is 23.7 Å². The van der Waals surface area contributed by atoms with Gasteiger partial charge in [0.05, 0.1) is 32.3 Å². The van der Waals surface area contributed by atoms with Crippen molar-refractivity contribution in [1.29, 1.82) is 0 Å². The Morgan fingerprint density at radius 2 is 2.00 bits per heavy atom. The summed E-state index contributed by atoms with van der Waals surface area (Å²) in [6.07, 6.45) is 1.19. The van der Waals surface area contributed by atoms with Crippen LogP contribution in [0.2, 0.25) is 0 Å². The third-order valence-corrected chi connectivity index (χ3v) is 6.45. The topological polar surface area (TPSA) is 109 Å². The van der Waals surface area contributed by atoms with Crippen LogP contribution in [0.5, 0.6) is 5.75 Å². The number of rotatable bonds is 7. The molecule has 1 aromatic carbocycles. The Morgan fingerprint density at radius 3 is 2.71 bits per heavy atom. The summed E-state index contributed by atoms with van der Waals surface area (Å²) in [5, 5.41) is -0.228. The van der Waals surface area contributed by atoms with E-state index in [1.54, 1.807) is 49.3 Å². The number of imidazole rings is 1. The molecule has 10 nitrogen and oxygen atoms in total. The zero-order valence-electron chi connectivity index (χ0n) is 17.7. The maximum absolute atomic E-state index is 13.2. The fourth-order valence-corrected chi connectivity index (χ4v) is 4.65. The summed E-state index contributed by atoms with van der Waals surface area (Å²) in [5.74, 6) is 0.906. The quantitative estimate of drug-likeness (QED) is 0.498. The number of aromatic nitrogens is 4. The van der Waals surface area contributed by atoms with Crippen molar-refractivity contribution in [2.45, 2.75) is 24.1 Å². The monoisotopic (exact) mass is 447 g/mol. The normalized spacial score (nSPS) is 17.3. The van der Waals surface area contributed by atoms with E-state index < -0.39 is 16.1 Å². The Bertz CT molecular complexity index is 1160. The number of benzene rings is 1. The van der Waals surface area contributed by atoms with Crippen LogP contribution >= 0.6 is 0 Å². The summed E-state index contributed by atoms with van der Waals surface area (Å²) < 4.78 is 44.4. The van der Waals surface area contributed by atoms with Crippen LogP contribution in [-0.4, -0.2) is 67.6 Å². The van der Waals surface area contributed by atoms with Crippen LogP contribution in [0.3, 0.4) is 0 Å². The van der Waals surface area contributed by atoms with Gasteiger partial charge in [0.2, 0.25) is 9.84 Å². The molecule has 0 amide bonds. The van der Waals surface area contributed by atoms with Gasteiger partial charge in [0.1, 0.15) is 5.75 Å². The molecule has 2 aromatic heterocycles. The predicted octanol–water partition coefficient (Wildman–Crippen LogP) is 1.54. The summed E-state index contributed by atoms with van der Waals surface area (Å²) in [6, 6.07) is 6.88. The first-order chi connectivity index (χ1) is 14.9. The molecule has 0 N–H and O–H groups in total. The van der Waals surface area contributed by atoms with E-state index in [-0.39, 0.29) is 10.9 Å². The van der Waals surface area contributed by atoms with E-state index in [4.69, 9.17) is 14.2 Å². The largest absolute Gasteiger partial charge is 0.497 e. The molecule has 1 aliphatic rings. The number of sulfone groups is 1. The van der Waals surface area contributed by atoms with Crippen LogP contribution in [0.4, 0.5) is 5.82 Å². The van der Waals surface area contributed by atoms with Crippen LogP contribution < -0.4 is 9.64 Å². The van der Waals surface area contributed by atoms with Crippen molar-refractivity contribution in [3.05, 3.63) is 36.2 Å². The van der Waals surface area contributed by atoms with Gasteiger partial charge in [0.25, 0.3) is 5.16 Å². The first kappa shape index (κ1) is 21.5. The molecule has 166 valence electrons. The molecule has 1 unspecified atom stereocenters. The van der Waals surface area contributed by atoms with Gasteiger partial charge in [0.15, 0.2) is 23.3 Å². The van der Waals surface area contributed by atoms with E-state index >= 15 is 0 Å². The van der Waals surface area contributed by atoms with Crippen molar-refractivity contribution < 1.29 is 22.6 Å². The fraction of sp³-hybridized carbons (Fsp3) is 0.450.